The Balaban J connectivity index is 2.69. The summed E-state index contributed by atoms with van der Waals surface area (Å²) in [5, 5.41) is 0. The van der Waals surface area contributed by atoms with E-state index in [1.54, 1.807) is 18.2 Å². The first-order valence-electron chi connectivity index (χ1n) is 6.51. The minimum absolute atomic E-state index is 0.472. The minimum atomic E-state index is -0.653. The summed E-state index contributed by atoms with van der Waals surface area (Å²) in [4.78, 5) is 25.9. The van der Waals surface area contributed by atoms with Crippen LogP contribution in [0.3, 0.4) is 0 Å². The Bertz CT molecular complexity index is 555. The average molecular weight is 275 g/mol. The van der Waals surface area contributed by atoms with Crippen LogP contribution < -0.4 is 9.47 Å². The van der Waals surface area contributed by atoms with E-state index in [0.717, 1.165) is 37.5 Å². The van der Waals surface area contributed by atoms with Crippen LogP contribution >= 0.6 is 0 Å². The van der Waals surface area contributed by atoms with Gasteiger partial charge in [0.25, 0.3) is 0 Å². The maximum absolute atomic E-state index is 11.1. The third kappa shape index (κ3) is 2.32. The van der Waals surface area contributed by atoms with Crippen LogP contribution in [-0.2, 0) is 10.3 Å². The number of isocyanates is 1. The highest BCUT2D eigenvalue weighted by Crippen LogP contribution is 2.48. The lowest BCUT2D eigenvalue weighted by molar-refractivity contribution is 0.112. The average Bonchev–Trinajstić information content (AvgIpc) is 2.95. The number of aldehydes is 1. The van der Waals surface area contributed by atoms with E-state index >= 15 is 0 Å². The van der Waals surface area contributed by atoms with Crippen LogP contribution in [0.1, 0.15) is 41.6 Å². The number of rotatable bonds is 5. The molecule has 5 nitrogen and oxygen atoms in total. The van der Waals surface area contributed by atoms with Crippen molar-refractivity contribution in [3.05, 3.63) is 23.3 Å². The molecular weight excluding hydrogens is 258 g/mol. The first-order chi connectivity index (χ1) is 9.70. The van der Waals surface area contributed by atoms with Crippen molar-refractivity contribution in [2.24, 2.45) is 4.99 Å². The van der Waals surface area contributed by atoms with Gasteiger partial charge in [0.1, 0.15) is 11.8 Å². The molecule has 1 fully saturated rings. The van der Waals surface area contributed by atoms with Gasteiger partial charge >= 0.3 is 0 Å². The smallest absolute Gasteiger partial charge is 0.235 e. The molecule has 1 aromatic rings. The second-order valence-corrected chi connectivity index (χ2v) is 4.86. The van der Waals surface area contributed by atoms with Gasteiger partial charge in [0.15, 0.2) is 11.5 Å². The molecule has 0 N–H and O–H groups in total. The summed E-state index contributed by atoms with van der Waals surface area (Å²) in [6.07, 6.45) is 5.84. The third-order valence-electron chi connectivity index (χ3n) is 3.83. The summed E-state index contributed by atoms with van der Waals surface area (Å²) in [5.41, 5.74) is 0.548. The van der Waals surface area contributed by atoms with Crippen LogP contribution in [0.4, 0.5) is 0 Å². The van der Waals surface area contributed by atoms with Gasteiger partial charge < -0.3 is 9.47 Å². The second kappa shape index (κ2) is 5.88. The molecule has 2 rings (SSSR count). The van der Waals surface area contributed by atoms with Crippen molar-refractivity contribution >= 4 is 12.4 Å². The molecule has 106 valence electrons. The lowest BCUT2D eigenvalue weighted by Gasteiger charge is -2.26. The van der Waals surface area contributed by atoms with E-state index in [-0.39, 0.29) is 0 Å². The molecule has 1 aromatic carbocycles. The lowest BCUT2D eigenvalue weighted by atomic mass is 9.87. The molecule has 1 aliphatic rings. The van der Waals surface area contributed by atoms with Crippen molar-refractivity contribution in [3.63, 3.8) is 0 Å². The zero-order valence-electron chi connectivity index (χ0n) is 11.6. The summed E-state index contributed by atoms with van der Waals surface area (Å²) in [6, 6.07) is 3.34. The van der Waals surface area contributed by atoms with E-state index in [1.807, 2.05) is 0 Å². The first kappa shape index (κ1) is 14.3. The normalized spacial score (nSPS) is 16.3. The number of methoxy groups -OCH3 is 2. The van der Waals surface area contributed by atoms with E-state index < -0.39 is 5.54 Å². The molecule has 0 saturated heterocycles. The van der Waals surface area contributed by atoms with Crippen molar-refractivity contribution in [1.29, 1.82) is 0 Å². The SMILES string of the molecule is COc1cc(C=O)cc(C2(N=C=O)CCCC2)c1OC. The van der Waals surface area contributed by atoms with Crippen LogP contribution in [-0.4, -0.2) is 26.6 Å². The van der Waals surface area contributed by atoms with Gasteiger partial charge in [-0.3, -0.25) is 4.79 Å². The van der Waals surface area contributed by atoms with Crippen molar-refractivity contribution in [3.8, 4) is 11.5 Å². The van der Waals surface area contributed by atoms with Crippen LogP contribution in [0.5, 0.6) is 11.5 Å². The summed E-state index contributed by atoms with van der Waals surface area (Å²) in [5.74, 6) is 0.999. The van der Waals surface area contributed by atoms with Crippen LogP contribution in [0, 0.1) is 0 Å². The standard InChI is InChI=1S/C15H17NO4/c1-19-13-8-11(9-17)7-12(14(13)20-2)15(16-10-18)5-3-4-6-15/h7-9H,3-6H2,1-2H3. The number of benzene rings is 1. The zero-order valence-corrected chi connectivity index (χ0v) is 11.6. The molecular formula is C15H17NO4. The van der Waals surface area contributed by atoms with E-state index in [0.29, 0.717) is 17.1 Å². The van der Waals surface area contributed by atoms with Gasteiger partial charge in [-0.25, -0.2) is 4.79 Å². The number of aliphatic imine (C=N–C) groups is 1. The number of hydrogen-bond acceptors (Lipinski definition) is 5. The van der Waals surface area contributed by atoms with Gasteiger partial charge in [-0.15, -0.1) is 0 Å². The maximum Gasteiger partial charge on any atom is 0.235 e. The number of hydrogen-bond donors (Lipinski definition) is 0. The highest BCUT2D eigenvalue weighted by Gasteiger charge is 2.39. The van der Waals surface area contributed by atoms with Crippen molar-refractivity contribution in [2.75, 3.05) is 14.2 Å². The van der Waals surface area contributed by atoms with Crippen LogP contribution in [0.15, 0.2) is 17.1 Å². The lowest BCUT2D eigenvalue weighted by Crippen LogP contribution is -2.20. The molecule has 0 amide bonds. The molecule has 0 radical (unpaired) electrons. The Morgan fingerprint density at radius 1 is 1.25 bits per heavy atom. The molecule has 0 aliphatic heterocycles. The van der Waals surface area contributed by atoms with Gasteiger partial charge in [0, 0.05) is 11.1 Å². The predicted octanol–water partition coefficient (Wildman–Crippen LogP) is 2.62. The molecule has 5 heteroatoms. The van der Waals surface area contributed by atoms with Gasteiger partial charge in [-0.05, 0) is 25.0 Å². The quantitative estimate of drug-likeness (QED) is 0.470. The Morgan fingerprint density at radius 2 is 1.95 bits per heavy atom. The van der Waals surface area contributed by atoms with E-state index in [9.17, 15) is 9.59 Å². The molecule has 0 bridgehead atoms. The van der Waals surface area contributed by atoms with Crippen molar-refractivity contribution < 1.29 is 19.1 Å². The van der Waals surface area contributed by atoms with Gasteiger partial charge in [0.05, 0.1) is 14.2 Å². The highest BCUT2D eigenvalue weighted by atomic mass is 16.5. The summed E-state index contributed by atoms with van der Waals surface area (Å²) in [7, 11) is 3.05. The minimum Gasteiger partial charge on any atom is -0.493 e. The molecule has 20 heavy (non-hydrogen) atoms. The molecule has 1 saturated carbocycles. The van der Waals surface area contributed by atoms with E-state index in [1.165, 1.54) is 14.2 Å². The Kier molecular flexibility index (Phi) is 4.20. The monoisotopic (exact) mass is 275 g/mol. The second-order valence-electron chi connectivity index (χ2n) is 4.86. The van der Waals surface area contributed by atoms with Crippen LogP contribution in [0.2, 0.25) is 0 Å². The third-order valence-corrected chi connectivity index (χ3v) is 3.83. The first-order valence-corrected chi connectivity index (χ1v) is 6.51. The maximum atomic E-state index is 11.1. The molecule has 0 aromatic heterocycles. The fourth-order valence-electron chi connectivity index (χ4n) is 2.89. The van der Waals surface area contributed by atoms with Gasteiger partial charge in [-0.2, -0.15) is 4.99 Å². The topological polar surface area (TPSA) is 65.0 Å². The molecule has 0 unspecified atom stereocenters. The Morgan fingerprint density at radius 3 is 2.45 bits per heavy atom. The summed E-state index contributed by atoms with van der Waals surface area (Å²) < 4.78 is 10.7. The van der Waals surface area contributed by atoms with E-state index in [4.69, 9.17) is 9.47 Å². The largest absolute Gasteiger partial charge is 0.493 e. The number of carbonyl (C=O) groups is 1. The van der Waals surface area contributed by atoms with E-state index in [2.05, 4.69) is 4.99 Å². The fraction of sp³-hybridized carbons (Fsp3) is 0.467. The molecule has 0 heterocycles. The number of ether oxygens (including phenoxy) is 2. The predicted molar refractivity (Wildman–Crippen MR) is 73.2 cm³/mol. The molecule has 0 atom stereocenters. The summed E-state index contributed by atoms with van der Waals surface area (Å²) in [6.45, 7) is 0. The molecule has 1 aliphatic carbocycles. The number of carbonyl (C=O) groups excluding carboxylic acids is 2. The van der Waals surface area contributed by atoms with Crippen molar-refractivity contribution in [2.45, 2.75) is 31.2 Å². The Labute approximate surface area is 117 Å². The van der Waals surface area contributed by atoms with Gasteiger partial charge in [0.2, 0.25) is 6.08 Å². The van der Waals surface area contributed by atoms with Gasteiger partial charge in [-0.1, -0.05) is 12.8 Å². The van der Waals surface area contributed by atoms with Crippen LogP contribution in [0.25, 0.3) is 0 Å². The molecule has 0 spiro atoms. The Hall–Kier alpha value is -2.13. The fourth-order valence-corrected chi connectivity index (χ4v) is 2.89. The van der Waals surface area contributed by atoms with Crippen molar-refractivity contribution in [1.82, 2.24) is 0 Å². The zero-order chi connectivity index (χ0) is 14.6. The number of nitrogens with zero attached hydrogens (tertiary/aromatic N) is 1. The highest BCUT2D eigenvalue weighted by molar-refractivity contribution is 5.78. The summed E-state index contributed by atoms with van der Waals surface area (Å²) >= 11 is 0.